The second-order valence-electron chi connectivity index (χ2n) is 4.91. The minimum atomic E-state index is -3.19. The highest BCUT2D eigenvalue weighted by molar-refractivity contribution is 7.91. The highest BCUT2D eigenvalue weighted by Gasteiger charge is 2.34. The Balaban J connectivity index is 2.76. The summed E-state index contributed by atoms with van der Waals surface area (Å²) in [5.74, 6) is -1.57. The Morgan fingerprint density at radius 1 is 0.941 bits per heavy atom. The summed E-state index contributed by atoms with van der Waals surface area (Å²) < 4.78 is 44.7. The van der Waals surface area contributed by atoms with Crippen molar-refractivity contribution in [3.8, 4) is 0 Å². The average molecular weight is 282 g/mol. The summed E-state index contributed by atoms with van der Waals surface area (Å²) >= 11 is 0. The lowest BCUT2D eigenvalue weighted by molar-refractivity contribution is -0.127. The van der Waals surface area contributed by atoms with Crippen molar-refractivity contribution in [1.29, 1.82) is 0 Å². The lowest BCUT2D eigenvalue weighted by Crippen LogP contribution is -2.36. The molecule has 1 rings (SSSR count). The molecule has 0 amide bonds. The summed E-state index contributed by atoms with van der Waals surface area (Å²) in [7, 11) is -6.39. The Labute approximate surface area is 102 Å². The molecule has 0 bridgehead atoms. The van der Waals surface area contributed by atoms with Gasteiger partial charge in [-0.25, -0.2) is 16.8 Å². The molecule has 2 atom stereocenters. The molecular weight excluding hydrogens is 264 g/mol. The molecule has 1 aliphatic carbocycles. The highest BCUT2D eigenvalue weighted by Crippen LogP contribution is 2.27. The molecule has 5 nitrogen and oxygen atoms in total. The number of hydrogen-bond acceptors (Lipinski definition) is 5. The molecule has 1 aliphatic rings. The Kier molecular flexibility index (Phi) is 4.35. The van der Waals surface area contributed by atoms with E-state index in [1.807, 2.05) is 0 Å². The van der Waals surface area contributed by atoms with E-state index >= 15 is 0 Å². The molecule has 0 saturated heterocycles. The summed E-state index contributed by atoms with van der Waals surface area (Å²) in [5, 5.41) is 0. The average Bonchev–Trinajstić information content (AvgIpc) is 2.07. The van der Waals surface area contributed by atoms with Gasteiger partial charge in [0.1, 0.15) is 25.5 Å². The largest absolute Gasteiger partial charge is 0.299 e. The molecule has 1 saturated carbocycles. The monoisotopic (exact) mass is 282 g/mol. The number of Topliss-reactive ketones (excluding diaryl/α,β-unsaturated/α-hetero) is 1. The van der Waals surface area contributed by atoms with Crippen molar-refractivity contribution >= 4 is 25.5 Å². The maximum absolute atomic E-state index is 12.0. The summed E-state index contributed by atoms with van der Waals surface area (Å²) in [4.78, 5) is 12.0. The molecule has 0 aromatic heterocycles. The standard InChI is InChI=1S/C10H18O5S2/c1-16(12,13)6-8-4-3-5-9(10(8)11)7-17(2,14)15/h8-9H,3-7H2,1-2H3. The minimum absolute atomic E-state index is 0.161. The van der Waals surface area contributed by atoms with Gasteiger partial charge in [-0.3, -0.25) is 4.79 Å². The summed E-state index contributed by atoms with van der Waals surface area (Å²) in [6.07, 6.45) is 4.01. The van der Waals surface area contributed by atoms with Crippen LogP contribution in [0.1, 0.15) is 19.3 Å². The topological polar surface area (TPSA) is 85.3 Å². The molecule has 0 spiro atoms. The zero-order valence-electron chi connectivity index (χ0n) is 10.0. The molecule has 0 aromatic rings. The molecule has 1 fully saturated rings. The van der Waals surface area contributed by atoms with E-state index in [0.29, 0.717) is 19.3 Å². The van der Waals surface area contributed by atoms with Crippen LogP contribution in [0.25, 0.3) is 0 Å². The number of rotatable bonds is 4. The van der Waals surface area contributed by atoms with Crippen LogP contribution in [0.4, 0.5) is 0 Å². The SMILES string of the molecule is CS(=O)(=O)CC1CCCC(CS(C)(=O)=O)C1=O. The van der Waals surface area contributed by atoms with Crippen LogP contribution in [-0.4, -0.2) is 46.6 Å². The van der Waals surface area contributed by atoms with Gasteiger partial charge in [0, 0.05) is 24.3 Å². The van der Waals surface area contributed by atoms with Crippen molar-refractivity contribution in [3.05, 3.63) is 0 Å². The second-order valence-corrected chi connectivity index (χ2v) is 9.28. The molecule has 0 radical (unpaired) electrons. The van der Waals surface area contributed by atoms with E-state index in [-0.39, 0.29) is 17.3 Å². The van der Waals surface area contributed by atoms with Crippen molar-refractivity contribution in [2.45, 2.75) is 19.3 Å². The Hall–Kier alpha value is -0.430. The maximum atomic E-state index is 12.0. The summed E-state index contributed by atoms with van der Waals surface area (Å²) in [6, 6.07) is 0. The fourth-order valence-electron chi connectivity index (χ4n) is 2.29. The van der Waals surface area contributed by atoms with Gasteiger partial charge in [0.15, 0.2) is 0 Å². The number of carbonyl (C=O) groups is 1. The van der Waals surface area contributed by atoms with Gasteiger partial charge in [-0.2, -0.15) is 0 Å². The first kappa shape index (κ1) is 14.6. The molecule has 100 valence electrons. The van der Waals surface area contributed by atoms with Crippen LogP contribution in [-0.2, 0) is 24.5 Å². The molecule has 2 unspecified atom stereocenters. The van der Waals surface area contributed by atoms with Gasteiger partial charge in [0.25, 0.3) is 0 Å². The first-order valence-corrected chi connectivity index (χ1v) is 9.60. The van der Waals surface area contributed by atoms with E-state index in [2.05, 4.69) is 0 Å². The van der Waals surface area contributed by atoms with Crippen molar-refractivity contribution in [3.63, 3.8) is 0 Å². The molecule has 0 N–H and O–H groups in total. The van der Waals surface area contributed by atoms with E-state index in [0.717, 1.165) is 12.5 Å². The van der Waals surface area contributed by atoms with Crippen LogP contribution >= 0.6 is 0 Å². The smallest absolute Gasteiger partial charge is 0.148 e. The molecule has 0 aliphatic heterocycles. The van der Waals surface area contributed by atoms with Gasteiger partial charge in [-0.15, -0.1) is 0 Å². The number of carbonyl (C=O) groups excluding carboxylic acids is 1. The van der Waals surface area contributed by atoms with Crippen molar-refractivity contribution in [1.82, 2.24) is 0 Å². The molecular formula is C10H18O5S2. The maximum Gasteiger partial charge on any atom is 0.148 e. The van der Waals surface area contributed by atoms with Crippen LogP contribution in [0, 0.1) is 11.8 Å². The van der Waals surface area contributed by atoms with E-state index in [9.17, 15) is 21.6 Å². The first-order valence-electron chi connectivity index (χ1n) is 5.47. The predicted molar refractivity (Wildman–Crippen MR) is 65.3 cm³/mol. The highest BCUT2D eigenvalue weighted by atomic mass is 32.2. The third-order valence-corrected chi connectivity index (χ3v) is 4.93. The zero-order chi connectivity index (χ0) is 13.3. The van der Waals surface area contributed by atoms with Crippen LogP contribution in [0.5, 0.6) is 0 Å². The third-order valence-electron chi connectivity index (χ3n) is 2.92. The summed E-state index contributed by atoms with van der Waals surface area (Å²) in [5.41, 5.74) is 0. The van der Waals surface area contributed by atoms with Gasteiger partial charge < -0.3 is 0 Å². The minimum Gasteiger partial charge on any atom is -0.299 e. The zero-order valence-corrected chi connectivity index (χ0v) is 11.7. The van der Waals surface area contributed by atoms with Crippen LogP contribution < -0.4 is 0 Å². The molecule has 7 heteroatoms. The van der Waals surface area contributed by atoms with Crippen molar-refractivity contribution < 1.29 is 21.6 Å². The van der Waals surface area contributed by atoms with Gasteiger partial charge in [-0.1, -0.05) is 6.42 Å². The van der Waals surface area contributed by atoms with Gasteiger partial charge in [-0.05, 0) is 12.8 Å². The Bertz CT molecular complexity index is 445. The van der Waals surface area contributed by atoms with Gasteiger partial charge in [0.05, 0.1) is 11.5 Å². The summed E-state index contributed by atoms with van der Waals surface area (Å²) in [6.45, 7) is 0. The first-order chi connectivity index (χ1) is 7.58. The second kappa shape index (κ2) is 5.06. The Morgan fingerprint density at radius 2 is 1.29 bits per heavy atom. The fourth-order valence-corrected chi connectivity index (χ4v) is 4.41. The van der Waals surface area contributed by atoms with Crippen LogP contribution in [0.2, 0.25) is 0 Å². The fraction of sp³-hybridized carbons (Fsp3) is 0.900. The van der Waals surface area contributed by atoms with Crippen LogP contribution in [0.3, 0.4) is 0 Å². The van der Waals surface area contributed by atoms with Crippen LogP contribution in [0.15, 0.2) is 0 Å². The molecule has 0 aromatic carbocycles. The lowest BCUT2D eigenvalue weighted by atomic mass is 9.82. The molecule has 0 heterocycles. The predicted octanol–water partition coefficient (Wildman–Crippen LogP) is 0.0610. The van der Waals surface area contributed by atoms with Crippen molar-refractivity contribution in [2.75, 3.05) is 24.0 Å². The van der Waals surface area contributed by atoms with E-state index in [1.165, 1.54) is 0 Å². The third kappa shape index (κ3) is 5.16. The Morgan fingerprint density at radius 3 is 1.59 bits per heavy atom. The van der Waals surface area contributed by atoms with Gasteiger partial charge >= 0.3 is 0 Å². The van der Waals surface area contributed by atoms with E-state index in [4.69, 9.17) is 0 Å². The lowest BCUT2D eigenvalue weighted by Gasteiger charge is -2.26. The van der Waals surface area contributed by atoms with Crippen molar-refractivity contribution in [2.24, 2.45) is 11.8 Å². The molecule has 17 heavy (non-hydrogen) atoms. The number of hydrogen-bond donors (Lipinski definition) is 0. The normalized spacial score (nSPS) is 27.1. The number of sulfone groups is 2. The quantitative estimate of drug-likeness (QED) is 0.728. The van der Waals surface area contributed by atoms with Gasteiger partial charge in [0.2, 0.25) is 0 Å². The number of ketones is 1. The van der Waals surface area contributed by atoms with E-state index in [1.54, 1.807) is 0 Å². The van der Waals surface area contributed by atoms with E-state index < -0.39 is 31.5 Å².